The zero-order chi connectivity index (χ0) is 21.8. The van der Waals surface area contributed by atoms with E-state index in [1.165, 1.54) is 12.4 Å². The lowest BCUT2D eigenvalue weighted by Gasteiger charge is -2.22. The lowest BCUT2D eigenvalue weighted by molar-refractivity contribution is -0.131. The van der Waals surface area contributed by atoms with Gasteiger partial charge in [-0.1, -0.05) is 30.3 Å². The van der Waals surface area contributed by atoms with Gasteiger partial charge in [0.15, 0.2) is 0 Å². The molecule has 0 unspecified atom stereocenters. The minimum absolute atomic E-state index is 0.0183. The number of carbonyl (C=O) groups is 1. The average molecular weight is 424 g/mol. The molecular formula is C22H25FN6O2. The van der Waals surface area contributed by atoms with E-state index >= 15 is 0 Å². The van der Waals surface area contributed by atoms with Crippen LogP contribution in [0.3, 0.4) is 0 Å². The Morgan fingerprint density at radius 3 is 2.97 bits per heavy atom. The van der Waals surface area contributed by atoms with Crippen molar-refractivity contribution in [1.29, 1.82) is 0 Å². The summed E-state index contributed by atoms with van der Waals surface area (Å²) in [5.74, 6) is 0.868. The molecule has 8 nitrogen and oxygen atoms in total. The number of benzene rings is 1. The summed E-state index contributed by atoms with van der Waals surface area (Å²) < 4.78 is 19.1. The summed E-state index contributed by atoms with van der Waals surface area (Å²) in [4.78, 5) is 29.5. The number of hydrogen-bond acceptors (Lipinski definition) is 7. The Morgan fingerprint density at radius 2 is 2.19 bits per heavy atom. The lowest BCUT2D eigenvalue weighted by atomic mass is 10.00. The Labute approximate surface area is 180 Å². The van der Waals surface area contributed by atoms with Crippen LogP contribution >= 0.6 is 0 Å². The summed E-state index contributed by atoms with van der Waals surface area (Å²) in [6.07, 6.45) is 4.65. The van der Waals surface area contributed by atoms with Crippen molar-refractivity contribution in [2.24, 2.45) is 0 Å². The summed E-state index contributed by atoms with van der Waals surface area (Å²) in [6, 6.07) is 6.63. The third kappa shape index (κ3) is 4.77. The van der Waals surface area contributed by atoms with Crippen molar-refractivity contribution >= 4 is 5.91 Å². The second-order valence-corrected chi connectivity index (χ2v) is 7.78. The number of likely N-dealkylation sites (tertiary alicyclic amines) is 1. The molecule has 4 rings (SSSR count). The van der Waals surface area contributed by atoms with Gasteiger partial charge in [0.05, 0.1) is 17.8 Å². The van der Waals surface area contributed by atoms with Crippen LogP contribution in [0.25, 0.3) is 11.4 Å². The zero-order valence-corrected chi connectivity index (χ0v) is 17.7. The molecule has 1 aliphatic rings. The van der Waals surface area contributed by atoms with Crippen LogP contribution in [0.2, 0.25) is 0 Å². The fraction of sp³-hybridized carbons (Fsp3) is 0.409. The molecule has 0 aliphatic carbocycles. The molecule has 2 aromatic heterocycles. The van der Waals surface area contributed by atoms with Gasteiger partial charge >= 0.3 is 0 Å². The molecule has 1 fully saturated rings. The molecule has 1 amide bonds. The molecule has 162 valence electrons. The number of amides is 1. The first kappa shape index (κ1) is 21.0. The SMILES string of the molecule is CCc1nc(-c2cncnc2[C@H]2CCN(C(=O)CN(C)Cc3ccccc3F)C2)no1. The summed E-state index contributed by atoms with van der Waals surface area (Å²) >= 11 is 0. The van der Waals surface area contributed by atoms with Gasteiger partial charge in [-0.05, 0) is 19.5 Å². The third-order valence-electron chi connectivity index (χ3n) is 5.49. The van der Waals surface area contributed by atoms with E-state index in [2.05, 4.69) is 20.1 Å². The standard InChI is InChI=1S/C22H25FN6O2/c1-3-19-26-22(27-31-19)17-10-24-14-25-21(17)16-8-9-29(12-16)20(30)13-28(2)11-15-6-4-5-7-18(15)23/h4-7,10,14,16H,3,8-9,11-13H2,1-2H3/t16-/m0/s1. The molecule has 0 bridgehead atoms. The van der Waals surface area contributed by atoms with Crippen LogP contribution in [0, 0.1) is 5.82 Å². The van der Waals surface area contributed by atoms with Crippen LogP contribution in [0.1, 0.15) is 36.4 Å². The first-order chi connectivity index (χ1) is 15.0. The number of nitrogens with zero attached hydrogens (tertiary/aromatic N) is 6. The zero-order valence-electron chi connectivity index (χ0n) is 17.7. The van der Waals surface area contributed by atoms with Gasteiger partial charge in [0.1, 0.15) is 12.1 Å². The molecule has 0 spiro atoms. The lowest BCUT2D eigenvalue weighted by Crippen LogP contribution is -2.37. The maximum atomic E-state index is 13.9. The van der Waals surface area contributed by atoms with E-state index in [0.29, 0.717) is 43.3 Å². The Bertz CT molecular complexity index is 1060. The molecule has 3 heterocycles. The topological polar surface area (TPSA) is 88.3 Å². The predicted molar refractivity (Wildman–Crippen MR) is 111 cm³/mol. The maximum Gasteiger partial charge on any atom is 0.236 e. The quantitative estimate of drug-likeness (QED) is 0.576. The highest BCUT2D eigenvalue weighted by molar-refractivity contribution is 5.78. The number of rotatable bonds is 7. The van der Waals surface area contributed by atoms with E-state index in [-0.39, 0.29) is 24.2 Å². The molecule has 1 saturated heterocycles. The Balaban J connectivity index is 1.40. The van der Waals surface area contributed by atoms with Gasteiger partial charge < -0.3 is 9.42 Å². The molecule has 9 heteroatoms. The highest BCUT2D eigenvalue weighted by Gasteiger charge is 2.31. The van der Waals surface area contributed by atoms with Gasteiger partial charge in [0.25, 0.3) is 0 Å². The summed E-state index contributed by atoms with van der Waals surface area (Å²) in [6.45, 7) is 3.76. The number of aryl methyl sites for hydroxylation is 1. The number of halogens is 1. The fourth-order valence-corrected chi connectivity index (χ4v) is 3.86. The highest BCUT2D eigenvalue weighted by atomic mass is 19.1. The van der Waals surface area contributed by atoms with E-state index in [0.717, 1.165) is 17.7 Å². The summed E-state index contributed by atoms with van der Waals surface area (Å²) in [5.41, 5.74) is 2.14. The van der Waals surface area contributed by atoms with E-state index < -0.39 is 0 Å². The van der Waals surface area contributed by atoms with Gasteiger partial charge in [-0.3, -0.25) is 9.69 Å². The Hall–Kier alpha value is -3.20. The van der Waals surface area contributed by atoms with Gasteiger partial charge in [-0.25, -0.2) is 14.4 Å². The summed E-state index contributed by atoms with van der Waals surface area (Å²) in [7, 11) is 1.82. The van der Waals surface area contributed by atoms with Crippen molar-refractivity contribution in [3.05, 3.63) is 59.8 Å². The van der Waals surface area contributed by atoms with Crippen molar-refractivity contribution in [3.8, 4) is 11.4 Å². The molecule has 3 aromatic rings. The van der Waals surface area contributed by atoms with Crippen molar-refractivity contribution in [2.75, 3.05) is 26.7 Å². The molecular weight excluding hydrogens is 399 g/mol. The van der Waals surface area contributed by atoms with Crippen LogP contribution in [-0.4, -0.2) is 62.5 Å². The highest BCUT2D eigenvalue weighted by Crippen LogP contribution is 2.31. The van der Waals surface area contributed by atoms with E-state index in [1.807, 2.05) is 23.8 Å². The minimum Gasteiger partial charge on any atom is -0.341 e. The smallest absolute Gasteiger partial charge is 0.236 e. The van der Waals surface area contributed by atoms with Crippen LogP contribution in [0.15, 0.2) is 41.3 Å². The van der Waals surface area contributed by atoms with Gasteiger partial charge in [-0.2, -0.15) is 4.98 Å². The van der Waals surface area contributed by atoms with Crippen molar-refractivity contribution in [1.82, 2.24) is 29.9 Å². The monoisotopic (exact) mass is 424 g/mol. The molecule has 1 atom stereocenters. The van der Waals surface area contributed by atoms with Crippen LogP contribution in [0.4, 0.5) is 4.39 Å². The van der Waals surface area contributed by atoms with Crippen LogP contribution < -0.4 is 0 Å². The van der Waals surface area contributed by atoms with Gasteiger partial charge in [-0.15, -0.1) is 0 Å². The van der Waals surface area contributed by atoms with E-state index in [4.69, 9.17) is 4.52 Å². The van der Waals surface area contributed by atoms with Crippen molar-refractivity contribution < 1.29 is 13.7 Å². The predicted octanol–water partition coefficient (Wildman–Crippen LogP) is 2.68. The first-order valence-electron chi connectivity index (χ1n) is 10.4. The molecule has 1 aromatic carbocycles. The number of hydrogen-bond donors (Lipinski definition) is 0. The second-order valence-electron chi connectivity index (χ2n) is 7.78. The Kier molecular flexibility index (Phi) is 6.31. The molecule has 0 N–H and O–H groups in total. The van der Waals surface area contributed by atoms with Crippen LogP contribution in [0.5, 0.6) is 0 Å². The van der Waals surface area contributed by atoms with E-state index in [9.17, 15) is 9.18 Å². The third-order valence-corrected chi connectivity index (χ3v) is 5.49. The normalized spacial score (nSPS) is 16.3. The summed E-state index contributed by atoms with van der Waals surface area (Å²) in [5, 5.41) is 4.05. The number of likely N-dealkylation sites (N-methyl/N-ethyl adjacent to an activating group) is 1. The number of aromatic nitrogens is 4. The minimum atomic E-state index is -0.257. The van der Waals surface area contributed by atoms with Crippen molar-refractivity contribution in [3.63, 3.8) is 0 Å². The second kappa shape index (κ2) is 9.30. The molecule has 0 saturated carbocycles. The largest absolute Gasteiger partial charge is 0.341 e. The van der Waals surface area contributed by atoms with Crippen LogP contribution in [-0.2, 0) is 17.8 Å². The molecule has 0 radical (unpaired) electrons. The van der Waals surface area contributed by atoms with Crippen molar-refractivity contribution in [2.45, 2.75) is 32.2 Å². The number of carbonyl (C=O) groups excluding carboxylic acids is 1. The average Bonchev–Trinajstić information content (AvgIpc) is 3.45. The first-order valence-corrected chi connectivity index (χ1v) is 10.4. The van der Waals surface area contributed by atoms with E-state index in [1.54, 1.807) is 24.4 Å². The maximum absolute atomic E-state index is 13.9. The molecule has 1 aliphatic heterocycles. The van der Waals surface area contributed by atoms with Gasteiger partial charge in [0, 0.05) is 43.7 Å². The molecule has 31 heavy (non-hydrogen) atoms. The van der Waals surface area contributed by atoms with Gasteiger partial charge in [0.2, 0.25) is 17.6 Å². The fourth-order valence-electron chi connectivity index (χ4n) is 3.86. The Morgan fingerprint density at radius 1 is 1.35 bits per heavy atom.